The summed E-state index contributed by atoms with van der Waals surface area (Å²) < 4.78 is 5.80. The summed E-state index contributed by atoms with van der Waals surface area (Å²) in [4.78, 5) is 23.6. The van der Waals surface area contributed by atoms with Crippen LogP contribution in [0.1, 0.15) is 54.9 Å². The summed E-state index contributed by atoms with van der Waals surface area (Å²) in [6, 6.07) is 9.73. The van der Waals surface area contributed by atoms with Crippen LogP contribution in [0.2, 0.25) is 0 Å². The largest absolute Gasteiger partial charge is 0.457 e. The van der Waals surface area contributed by atoms with E-state index in [0.717, 1.165) is 47.6 Å². The Morgan fingerprint density at radius 1 is 1.19 bits per heavy atom. The van der Waals surface area contributed by atoms with Crippen LogP contribution in [-0.2, 0) is 10.2 Å². The molecule has 0 unspecified atom stereocenters. The number of nitro benzene ring substituents is 1. The summed E-state index contributed by atoms with van der Waals surface area (Å²) in [5.41, 5.74) is 1.29. The average molecular weight is 516 g/mol. The highest BCUT2D eigenvalue weighted by molar-refractivity contribution is 7.15. The van der Waals surface area contributed by atoms with Gasteiger partial charge in [-0.15, -0.1) is 10.2 Å². The number of nitrogens with one attached hydrogen (secondary N) is 1. The van der Waals surface area contributed by atoms with E-state index in [1.807, 2.05) is 13.0 Å². The molecule has 3 aromatic rings. The van der Waals surface area contributed by atoms with Gasteiger partial charge in [-0.2, -0.15) is 5.26 Å². The maximum absolute atomic E-state index is 12.9. The smallest absolute Gasteiger partial charge is 0.270 e. The number of nitriles is 1. The number of aromatic nitrogens is 2. The van der Waals surface area contributed by atoms with E-state index in [2.05, 4.69) is 15.5 Å². The van der Waals surface area contributed by atoms with Gasteiger partial charge in [0.05, 0.1) is 4.92 Å². The number of nitrogens with zero attached hydrogens (tertiary/aromatic N) is 4. The minimum Gasteiger partial charge on any atom is -0.457 e. The molecule has 4 bridgehead atoms. The predicted octanol–water partition coefficient (Wildman–Crippen LogP) is 6.03. The SMILES string of the molecule is Cc1ccc([N+](=O)[O-])cc1-c1ccc(C=C(C#N)C(=O)Nc2nnc(C34CC5CC(CC(C5)C3)C4)s2)o1. The van der Waals surface area contributed by atoms with Gasteiger partial charge in [0, 0.05) is 29.2 Å². The van der Waals surface area contributed by atoms with Gasteiger partial charge in [-0.3, -0.25) is 20.2 Å². The van der Waals surface area contributed by atoms with Crippen molar-refractivity contribution in [2.24, 2.45) is 17.8 Å². The van der Waals surface area contributed by atoms with E-state index in [1.54, 1.807) is 18.2 Å². The lowest BCUT2D eigenvalue weighted by molar-refractivity contribution is -0.384. The van der Waals surface area contributed by atoms with Crippen molar-refractivity contribution in [3.63, 3.8) is 0 Å². The zero-order valence-corrected chi connectivity index (χ0v) is 21.1. The first-order valence-corrected chi connectivity index (χ1v) is 13.3. The summed E-state index contributed by atoms with van der Waals surface area (Å²) >= 11 is 1.42. The quantitative estimate of drug-likeness (QED) is 0.183. The molecule has 1 aromatic carbocycles. The number of benzene rings is 1. The molecular weight excluding hydrogens is 490 g/mol. The third kappa shape index (κ3) is 4.33. The number of hydrogen-bond donors (Lipinski definition) is 1. The van der Waals surface area contributed by atoms with Gasteiger partial charge in [0.1, 0.15) is 28.2 Å². The van der Waals surface area contributed by atoms with Crippen LogP contribution in [-0.4, -0.2) is 21.0 Å². The molecule has 2 aromatic heterocycles. The van der Waals surface area contributed by atoms with Gasteiger partial charge in [-0.25, -0.2) is 0 Å². The zero-order valence-electron chi connectivity index (χ0n) is 20.3. The molecule has 10 heteroatoms. The normalized spacial score (nSPS) is 26.2. The zero-order chi connectivity index (χ0) is 25.7. The molecule has 0 atom stereocenters. The molecule has 1 amide bonds. The van der Waals surface area contributed by atoms with Crippen molar-refractivity contribution in [2.45, 2.75) is 50.9 Å². The maximum atomic E-state index is 12.9. The van der Waals surface area contributed by atoms with Gasteiger partial charge >= 0.3 is 0 Å². The van der Waals surface area contributed by atoms with Crippen LogP contribution in [0.25, 0.3) is 17.4 Å². The number of furan rings is 1. The lowest BCUT2D eigenvalue weighted by Crippen LogP contribution is -2.48. The molecule has 0 saturated heterocycles. The molecule has 4 saturated carbocycles. The van der Waals surface area contributed by atoms with Gasteiger partial charge in [-0.05, 0) is 80.9 Å². The number of carbonyl (C=O) groups excluding carboxylic acids is 1. The Hall–Kier alpha value is -3.84. The Balaban J connectivity index is 1.19. The highest BCUT2D eigenvalue weighted by Gasteiger charge is 2.53. The van der Waals surface area contributed by atoms with Crippen LogP contribution >= 0.6 is 11.3 Å². The number of nitro groups is 1. The van der Waals surface area contributed by atoms with Crippen molar-refractivity contribution < 1.29 is 14.1 Å². The summed E-state index contributed by atoms with van der Waals surface area (Å²) in [6.07, 6.45) is 8.86. The van der Waals surface area contributed by atoms with Gasteiger partial charge in [0.25, 0.3) is 11.6 Å². The number of anilines is 1. The molecule has 0 aliphatic heterocycles. The summed E-state index contributed by atoms with van der Waals surface area (Å²) in [5, 5.41) is 33.6. The fourth-order valence-electron chi connectivity index (χ4n) is 6.88. The Morgan fingerprint density at radius 2 is 1.89 bits per heavy atom. The highest BCUT2D eigenvalue weighted by atomic mass is 32.1. The van der Waals surface area contributed by atoms with E-state index < -0.39 is 10.8 Å². The fraction of sp³-hybridized carbons (Fsp3) is 0.407. The lowest BCUT2D eigenvalue weighted by atomic mass is 9.50. The van der Waals surface area contributed by atoms with Crippen LogP contribution in [0.4, 0.5) is 10.8 Å². The van der Waals surface area contributed by atoms with E-state index in [4.69, 9.17) is 4.42 Å². The first-order valence-electron chi connectivity index (χ1n) is 12.4. The molecule has 2 heterocycles. The Morgan fingerprint density at radius 3 is 2.54 bits per heavy atom. The molecule has 0 spiro atoms. The molecule has 4 aliphatic rings. The summed E-state index contributed by atoms with van der Waals surface area (Å²) in [5.74, 6) is 2.47. The van der Waals surface area contributed by atoms with Crippen LogP contribution in [0.5, 0.6) is 0 Å². The Kier molecular flexibility index (Phi) is 5.68. The van der Waals surface area contributed by atoms with Crippen molar-refractivity contribution in [3.8, 4) is 17.4 Å². The topological polar surface area (TPSA) is 135 Å². The highest BCUT2D eigenvalue weighted by Crippen LogP contribution is 2.61. The average Bonchev–Trinajstić information content (AvgIpc) is 3.52. The Labute approximate surface area is 217 Å². The molecule has 0 radical (unpaired) electrons. The first-order chi connectivity index (χ1) is 17.8. The van der Waals surface area contributed by atoms with Gasteiger partial charge in [0.2, 0.25) is 5.13 Å². The van der Waals surface area contributed by atoms with E-state index in [1.165, 1.54) is 48.8 Å². The number of amides is 1. The van der Waals surface area contributed by atoms with Crippen molar-refractivity contribution in [1.29, 1.82) is 5.26 Å². The number of aryl methyl sites for hydroxylation is 1. The van der Waals surface area contributed by atoms with Gasteiger partial charge in [-0.1, -0.05) is 17.4 Å². The van der Waals surface area contributed by atoms with Crippen LogP contribution in [0, 0.1) is 46.1 Å². The van der Waals surface area contributed by atoms with E-state index in [0.29, 0.717) is 22.2 Å². The molecule has 4 fully saturated rings. The van der Waals surface area contributed by atoms with E-state index in [9.17, 15) is 20.2 Å². The fourth-order valence-corrected chi connectivity index (χ4v) is 7.84. The number of non-ortho nitro benzene ring substituents is 1. The van der Waals surface area contributed by atoms with Crippen LogP contribution in [0.15, 0.2) is 40.3 Å². The van der Waals surface area contributed by atoms with Crippen molar-refractivity contribution >= 4 is 34.1 Å². The minimum atomic E-state index is -0.583. The van der Waals surface area contributed by atoms with Gasteiger partial charge < -0.3 is 4.42 Å². The third-order valence-electron chi connectivity index (χ3n) is 8.11. The monoisotopic (exact) mass is 515 g/mol. The second-order valence-corrected chi connectivity index (χ2v) is 11.7. The summed E-state index contributed by atoms with van der Waals surface area (Å²) in [6.45, 7) is 1.82. The second kappa shape index (κ2) is 8.92. The molecule has 9 nitrogen and oxygen atoms in total. The summed E-state index contributed by atoms with van der Waals surface area (Å²) in [7, 11) is 0. The number of carbonyl (C=O) groups is 1. The molecule has 4 aliphatic carbocycles. The predicted molar refractivity (Wildman–Crippen MR) is 138 cm³/mol. The number of rotatable bonds is 6. The first kappa shape index (κ1) is 23.6. The lowest BCUT2D eigenvalue weighted by Gasteiger charge is -2.55. The van der Waals surface area contributed by atoms with Gasteiger partial charge in [0.15, 0.2) is 0 Å². The number of hydrogen-bond acceptors (Lipinski definition) is 8. The minimum absolute atomic E-state index is 0.0452. The standard InChI is InChI=1S/C27H25N5O4S/c1-15-2-3-20(32(34)35)10-22(15)23-5-4-21(36-23)9-19(14-28)24(33)29-26-31-30-25(37-26)27-11-16-6-17(12-27)8-18(7-16)13-27/h2-5,9-10,16-18H,6-8,11-13H2,1H3,(H,29,31,33). The molecule has 7 rings (SSSR count). The molecular formula is C27H25N5O4S. The third-order valence-corrected chi connectivity index (χ3v) is 9.20. The van der Waals surface area contributed by atoms with Crippen molar-refractivity contribution in [1.82, 2.24) is 10.2 Å². The van der Waals surface area contributed by atoms with Crippen LogP contribution < -0.4 is 5.32 Å². The van der Waals surface area contributed by atoms with Crippen LogP contribution in [0.3, 0.4) is 0 Å². The van der Waals surface area contributed by atoms with Crippen molar-refractivity contribution in [2.75, 3.05) is 5.32 Å². The maximum Gasteiger partial charge on any atom is 0.270 e. The van der Waals surface area contributed by atoms with E-state index in [-0.39, 0.29) is 16.7 Å². The second-order valence-electron chi connectivity index (χ2n) is 10.7. The van der Waals surface area contributed by atoms with Crippen molar-refractivity contribution in [3.05, 3.63) is 62.4 Å². The van der Waals surface area contributed by atoms with E-state index >= 15 is 0 Å². The molecule has 37 heavy (non-hydrogen) atoms. The Bertz CT molecular complexity index is 1440. The molecule has 188 valence electrons. The molecule has 1 N–H and O–H groups in total.